The van der Waals surface area contributed by atoms with E-state index >= 15 is 0 Å². The zero-order valence-corrected chi connectivity index (χ0v) is 15.6. The zero-order chi connectivity index (χ0) is 19.3. The van der Waals surface area contributed by atoms with E-state index in [4.69, 9.17) is 12.2 Å². The highest BCUT2D eigenvalue weighted by Crippen LogP contribution is 2.25. The molecule has 2 heterocycles. The van der Waals surface area contributed by atoms with Gasteiger partial charge >= 0.3 is 0 Å². The number of carbonyl (C=O) groups excluding carboxylic acids is 1. The van der Waals surface area contributed by atoms with Crippen LogP contribution < -0.4 is 15.8 Å². The summed E-state index contributed by atoms with van der Waals surface area (Å²) in [4.78, 5) is 20.6. The van der Waals surface area contributed by atoms with E-state index in [9.17, 15) is 4.79 Å². The molecular weight excluding hydrogens is 370 g/mol. The molecule has 4 rings (SSSR count). The van der Waals surface area contributed by atoms with Gasteiger partial charge in [0.25, 0.3) is 5.91 Å². The molecular formula is C21H17N5OS. The highest BCUT2D eigenvalue weighted by Gasteiger charge is 2.21. The maximum absolute atomic E-state index is 13.2. The van der Waals surface area contributed by atoms with Crippen LogP contribution in [0.4, 0.5) is 11.4 Å². The first kappa shape index (κ1) is 17.7. The summed E-state index contributed by atoms with van der Waals surface area (Å²) < 4.78 is 0. The lowest BCUT2D eigenvalue weighted by molar-refractivity contribution is 0.0981. The number of fused-ring (bicyclic) bond motifs is 1. The molecule has 0 unspecified atom stereocenters. The Morgan fingerprint density at radius 2 is 1.68 bits per heavy atom. The molecule has 2 aromatic heterocycles. The summed E-state index contributed by atoms with van der Waals surface area (Å²) in [5, 5.41) is 5.64. The van der Waals surface area contributed by atoms with Crippen molar-refractivity contribution in [1.82, 2.24) is 15.4 Å². The van der Waals surface area contributed by atoms with Gasteiger partial charge in [0.15, 0.2) is 5.11 Å². The van der Waals surface area contributed by atoms with Crippen LogP contribution in [0.15, 0.2) is 85.2 Å². The predicted molar refractivity (Wildman–Crippen MR) is 115 cm³/mol. The first-order chi connectivity index (χ1) is 13.7. The number of H-pyrrole nitrogens is 1. The van der Waals surface area contributed by atoms with Crippen LogP contribution in [0, 0.1) is 0 Å². The van der Waals surface area contributed by atoms with E-state index < -0.39 is 0 Å². The Bertz CT molecular complexity index is 1110. The molecule has 0 aliphatic heterocycles. The van der Waals surface area contributed by atoms with Gasteiger partial charge in [-0.05, 0) is 48.6 Å². The molecule has 0 fully saturated rings. The molecule has 3 N–H and O–H groups in total. The number of nitrogens with zero attached hydrogens (tertiary/aromatic N) is 2. The van der Waals surface area contributed by atoms with Gasteiger partial charge in [-0.2, -0.15) is 0 Å². The number of amides is 1. The van der Waals surface area contributed by atoms with Crippen LogP contribution in [-0.2, 0) is 0 Å². The van der Waals surface area contributed by atoms with Gasteiger partial charge in [-0.1, -0.05) is 36.4 Å². The summed E-state index contributed by atoms with van der Waals surface area (Å²) >= 11 is 5.44. The van der Waals surface area contributed by atoms with Gasteiger partial charge in [0.1, 0.15) is 5.65 Å². The number of benzene rings is 2. The van der Waals surface area contributed by atoms with Gasteiger partial charge in [0.05, 0.1) is 5.69 Å². The number of rotatable bonds is 3. The van der Waals surface area contributed by atoms with Crippen LogP contribution in [0.5, 0.6) is 0 Å². The molecule has 6 nitrogen and oxygen atoms in total. The fourth-order valence-electron chi connectivity index (χ4n) is 2.85. The van der Waals surface area contributed by atoms with Crippen molar-refractivity contribution in [1.29, 1.82) is 0 Å². The van der Waals surface area contributed by atoms with Crippen molar-refractivity contribution in [3.63, 3.8) is 0 Å². The molecule has 0 saturated heterocycles. The Balaban J connectivity index is 1.68. The zero-order valence-electron chi connectivity index (χ0n) is 14.8. The van der Waals surface area contributed by atoms with Crippen LogP contribution in [-0.4, -0.2) is 21.0 Å². The number of hydrogen-bond acceptors (Lipinski definition) is 3. The number of hydrazine groups is 1. The average Bonchev–Trinajstić information content (AvgIpc) is 3.22. The minimum Gasteiger partial charge on any atom is -0.346 e. The van der Waals surface area contributed by atoms with Crippen molar-refractivity contribution >= 4 is 45.6 Å². The monoisotopic (exact) mass is 387 g/mol. The third-order valence-electron chi connectivity index (χ3n) is 4.15. The Kier molecular flexibility index (Phi) is 4.99. The number of anilines is 2. The van der Waals surface area contributed by atoms with Gasteiger partial charge in [0, 0.05) is 29.0 Å². The number of thiocarbonyl (C=S) groups is 1. The highest BCUT2D eigenvalue weighted by atomic mass is 32.1. The summed E-state index contributed by atoms with van der Waals surface area (Å²) in [5.74, 6) is -0.230. The Morgan fingerprint density at radius 3 is 2.43 bits per heavy atom. The van der Waals surface area contributed by atoms with Crippen LogP contribution in [0.1, 0.15) is 10.4 Å². The van der Waals surface area contributed by atoms with Crippen LogP contribution >= 0.6 is 12.2 Å². The number of pyridine rings is 1. The van der Waals surface area contributed by atoms with E-state index in [1.54, 1.807) is 30.6 Å². The number of hydrogen-bond donors (Lipinski definition) is 3. The van der Waals surface area contributed by atoms with Crippen LogP contribution in [0.3, 0.4) is 0 Å². The number of carbonyl (C=O) groups is 1. The maximum atomic E-state index is 13.2. The van der Waals surface area contributed by atoms with Crippen molar-refractivity contribution < 1.29 is 4.79 Å². The van der Waals surface area contributed by atoms with E-state index in [1.165, 1.54) is 5.01 Å². The number of para-hydroxylation sites is 1. The number of nitrogens with one attached hydrogen (secondary N) is 3. The van der Waals surface area contributed by atoms with Crippen molar-refractivity contribution in [2.45, 2.75) is 0 Å². The minimum atomic E-state index is -0.230. The van der Waals surface area contributed by atoms with Crippen molar-refractivity contribution in [2.75, 3.05) is 10.3 Å². The normalized spacial score (nSPS) is 10.4. The molecule has 138 valence electrons. The third kappa shape index (κ3) is 3.70. The van der Waals surface area contributed by atoms with E-state index in [0.717, 1.165) is 11.1 Å². The lowest BCUT2D eigenvalue weighted by atomic mass is 10.2. The van der Waals surface area contributed by atoms with E-state index in [0.29, 0.717) is 22.0 Å². The molecule has 1 amide bonds. The summed E-state index contributed by atoms with van der Waals surface area (Å²) in [6.45, 7) is 0. The Hall–Kier alpha value is -3.71. The molecule has 2 aromatic carbocycles. The first-order valence-corrected chi connectivity index (χ1v) is 9.07. The molecule has 28 heavy (non-hydrogen) atoms. The predicted octanol–water partition coefficient (Wildman–Crippen LogP) is 4.11. The minimum absolute atomic E-state index is 0.230. The lowest BCUT2D eigenvalue weighted by Gasteiger charge is -2.25. The average molecular weight is 387 g/mol. The smallest absolute Gasteiger partial charge is 0.277 e. The number of aromatic amines is 1. The molecule has 0 atom stereocenters. The molecule has 0 saturated carbocycles. The van der Waals surface area contributed by atoms with Crippen LogP contribution in [0.2, 0.25) is 0 Å². The molecule has 0 spiro atoms. The number of aromatic nitrogens is 2. The maximum Gasteiger partial charge on any atom is 0.277 e. The molecule has 0 bridgehead atoms. The van der Waals surface area contributed by atoms with Gasteiger partial charge in [-0.25, -0.2) is 9.99 Å². The van der Waals surface area contributed by atoms with E-state index in [1.807, 2.05) is 54.6 Å². The SMILES string of the molecule is O=C(c1ccccc1)N(NC(=S)Nc1ccccc1)c1ccnc2[nH]ccc12. The quantitative estimate of drug-likeness (QED) is 0.364. The van der Waals surface area contributed by atoms with Crippen molar-refractivity contribution in [2.24, 2.45) is 0 Å². The summed E-state index contributed by atoms with van der Waals surface area (Å²) in [5.41, 5.74) is 5.73. The second kappa shape index (κ2) is 7.89. The Morgan fingerprint density at radius 1 is 0.964 bits per heavy atom. The molecule has 4 aromatic rings. The first-order valence-electron chi connectivity index (χ1n) is 8.66. The van der Waals surface area contributed by atoms with Gasteiger partial charge in [-0.3, -0.25) is 10.2 Å². The fourth-order valence-corrected chi connectivity index (χ4v) is 3.06. The molecule has 7 heteroatoms. The molecule has 0 aliphatic carbocycles. The van der Waals surface area contributed by atoms with E-state index in [2.05, 4.69) is 20.7 Å². The van der Waals surface area contributed by atoms with Gasteiger partial charge in [0.2, 0.25) is 0 Å². The summed E-state index contributed by atoms with van der Waals surface area (Å²) in [7, 11) is 0. The third-order valence-corrected chi connectivity index (χ3v) is 4.34. The fraction of sp³-hybridized carbons (Fsp3) is 0. The van der Waals surface area contributed by atoms with Crippen molar-refractivity contribution in [3.8, 4) is 0 Å². The second-order valence-electron chi connectivity index (χ2n) is 6.01. The second-order valence-corrected chi connectivity index (χ2v) is 6.42. The standard InChI is InChI=1S/C21H17N5OS/c27-20(15-7-3-1-4-8-15)26(18-12-14-23-19-17(18)11-13-22-19)25-21(28)24-16-9-5-2-6-10-16/h1-14H,(H,22,23)(H2,24,25,28). The highest BCUT2D eigenvalue weighted by molar-refractivity contribution is 7.80. The largest absolute Gasteiger partial charge is 0.346 e. The molecule has 0 radical (unpaired) electrons. The summed E-state index contributed by atoms with van der Waals surface area (Å²) in [6.07, 6.45) is 3.43. The van der Waals surface area contributed by atoms with Crippen molar-refractivity contribution in [3.05, 3.63) is 90.8 Å². The van der Waals surface area contributed by atoms with Gasteiger partial charge < -0.3 is 10.3 Å². The summed E-state index contributed by atoms with van der Waals surface area (Å²) in [6, 6.07) is 22.2. The lowest BCUT2D eigenvalue weighted by Crippen LogP contribution is -2.48. The molecule has 0 aliphatic rings. The van der Waals surface area contributed by atoms with E-state index in [-0.39, 0.29) is 5.91 Å². The van der Waals surface area contributed by atoms with Crippen LogP contribution in [0.25, 0.3) is 11.0 Å². The topological polar surface area (TPSA) is 73.1 Å². The Labute approximate surface area is 167 Å². The van der Waals surface area contributed by atoms with Gasteiger partial charge in [-0.15, -0.1) is 0 Å².